The van der Waals surface area contributed by atoms with Crippen molar-refractivity contribution in [1.29, 1.82) is 0 Å². The van der Waals surface area contributed by atoms with Gasteiger partial charge in [-0.2, -0.15) is 0 Å². The van der Waals surface area contributed by atoms with Crippen LogP contribution in [0.25, 0.3) is 6.08 Å². The molecule has 122 valence electrons. The topological polar surface area (TPSA) is 54.5 Å². The van der Waals surface area contributed by atoms with Gasteiger partial charge in [-0.15, -0.1) is 0 Å². The quantitative estimate of drug-likeness (QED) is 0.826. The van der Waals surface area contributed by atoms with E-state index in [9.17, 15) is 4.79 Å². The van der Waals surface area contributed by atoms with E-state index < -0.39 is 0 Å². The fourth-order valence-corrected chi connectivity index (χ4v) is 2.72. The van der Waals surface area contributed by atoms with Gasteiger partial charge in [-0.05, 0) is 30.7 Å². The van der Waals surface area contributed by atoms with Crippen molar-refractivity contribution in [3.63, 3.8) is 0 Å². The minimum absolute atomic E-state index is 0.0365. The number of amides is 1. The SMILES string of the molecule is COc1ccc(CNc2nc(C)c(C=CC(=O)N(C)C)s2)cc1. The van der Waals surface area contributed by atoms with Gasteiger partial charge in [0.15, 0.2) is 5.13 Å². The highest BCUT2D eigenvalue weighted by Gasteiger charge is 2.06. The molecule has 0 aliphatic heterocycles. The Morgan fingerprint density at radius 2 is 2.04 bits per heavy atom. The van der Waals surface area contributed by atoms with Crippen LogP contribution in [0, 0.1) is 6.92 Å². The highest BCUT2D eigenvalue weighted by atomic mass is 32.1. The maximum absolute atomic E-state index is 11.6. The van der Waals surface area contributed by atoms with Crippen LogP contribution < -0.4 is 10.1 Å². The Labute approximate surface area is 140 Å². The molecule has 0 bridgehead atoms. The summed E-state index contributed by atoms with van der Waals surface area (Å²) in [6.45, 7) is 2.63. The summed E-state index contributed by atoms with van der Waals surface area (Å²) < 4.78 is 5.14. The minimum atomic E-state index is -0.0365. The van der Waals surface area contributed by atoms with Gasteiger partial charge in [0.2, 0.25) is 5.91 Å². The van der Waals surface area contributed by atoms with Gasteiger partial charge < -0.3 is 15.0 Å². The monoisotopic (exact) mass is 331 g/mol. The summed E-state index contributed by atoms with van der Waals surface area (Å²) >= 11 is 1.54. The van der Waals surface area contributed by atoms with Gasteiger partial charge in [0.05, 0.1) is 17.7 Å². The summed E-state index contributed by atoms with van der Waals surface area (Å²) in [7, 11) is 5.11. The Bertz CT molecular complexity index is 690. The lowest BCUT2D eigenvalue weighted by Crippen LogP contribution is -2.18. The lowest BCUT2D eigenvalue weighted by Gasteiger charge is -2.04. The smallest absolute Gasteiger partial charge is 0.246 e. The van der Waals surface area contributed by atoms with E-state index in [4.69, 9.17) is 4.74 Å². The summed E-state index contributed by atoms with van der Waals surface area (Å²) in [5.41, 5.74) is 2.06. The second-order valence-electron chi connectivity index (χ2n) is 5.24. The number of benzene rings is 1. The first-order chi connectivity index (χ1) is 11.0. The maximum atomic E-state index is 11.6. The number of thiazole rings is 1. The predicted octanol–water partition coefficient (Wildman–Crippen LogP) is 3.17. The van der Waals surface area contributed by atoms with E-state index in [1.54, 1.807) is 27.3 Å². The number of aromatic nitrogens is 1. The minimum Gasteiger partial charge on any atom is -0.497 e. The molecule has 5 nitrogen and oxygen atoms in total. The molecule has 0 atom stereocenters. The van der Waals surface area contributed by atoms with Gasteiger partial charge in [0.1, 0.15) is 5.75 Å². The van der Waals surface area contributed by atoms with Gasteiger partial charge in [-0.1, -0.05) is 23.5 Å². The maximum Gasteiger partial charge on any atom is 0.246 e. The third-order valence-electron chi connectivity index (χ3n) is 3.25. The molecule has 6 heteroatoms. The molecule has 0 aliphatic carbocycles. The molecule has 1 aromatic heterocycles. The number of nitrogens with zero attached hydrogens (tertiary/aromatic N) is 2. The zero-order chi connectivity index (χ0) is 16.8. The van der Waals surface area contributed by atoms with Crippen LogP contribution in [0.4, 0.5) is 5.13 Å². The second kappa shape index (κ2) is 7.78. The van der Waals surface area contributed by atoms with E-state index in [1.807, 2.05) is 37.3 Å². The van der Waals surface area contributed by atoms with E-state index in [0.717, 1.165) is 27.0 Å². The highest BCUT2D eigenvalue weighted by molar-refractivity contribution is 7.16. The average Bonchev–Trinajstić information content (AvgIpc) is 2.91. The van der Waals surface area contributed by atoms with Crippen LogP contribution in [0.5, 0.6) is 5.75 Å². The number of carbonyl (C=O) groups is 1. The number of likely N-dealkylation sites (N-methyl/N-ethyl adjacent to an activating group) is 1. The molecule has 2 aromatic rings. The summed E-state index contributed by atoms with van der Waals surface area (Å²) in [6, 6.07) is 7.90. The molecule has 0 radical (unpaired) electrons. The van der Waals surface area contributed by atoms with Crippen molar-refractivity contribution in [2.75, 3.05) is 26.5 Å². The normalized spacial score (nSPS) is 10.8. The zero-order valence-electron chi connectivity index (χ0n) is 13.8. The Balaban J connectivity index is 1.98. The Hall–Kier alpha value is -2.34. The molecule has 0 saturated heterocycles. The lowest BCUT2D eigenvalue weighted by atomic mass is 10.2. The number of aryl methyl sites for hydroxylation is 1. The molecule has 1 N–H and O–H groups in total. The number of methoxy groups -OCH3 is 1. The number of hydrogen-bond donors (Lipinski definition) is 1. The number of carbonyl (C=O) groups excluding carboxylic acids is 1. The molecular formula is C17H21N3O2S. The second-order valence-corrected chi connectivity index (χ2v) is 6.27. The van der Waals surface area contributed by atoms with Crippen LogP contribution in [0.15, 0.2) is 30.3 Å². The fourth-order valence-electron chi connectivity index (χ4n) is 1.86. The number of nitrogens with one attached hydrogen (secondary N) is 1. The highest BCUT2D eigenvalue weighted by Crippen LogP contribution is 2.24. The van der Waals surface area contributed by atoms with Crippen molar-refractivity contribution in [3.8, 4) is 5.75 Å². The summed E-state index contributed by atoms with van der Waals surface area (Å²) in [5.74, 6) is 0.808. The number of hydrogen-bond acceptors (Lipinski definition) is 5. The van der Waals surface area contributed by atoms with Crippen molar-refractivity contribution in [2.24, 2.45) is 0 Å². The predicted molar refractivity (Wildman–Crippen MR) is 94.9 cm³/mol. The Morgan fingerprint density at radius 3 is 2.65 bits per heavy atom. The molecule has 1 amide bonds. The zero-order valence-corrected chi connectivity index (χ0v) is 14.6. The standard InChI is InChI=1S/C17H21N3O2S/c1-12-15(9-10-16(21)20(2)3)23-17(19-12)18-11-13-5-7-14(22-4)8-6-13/h5-10H,11H2,1-4H3,(H,18,19). The van der Waals surface area contributed by atoms with Crippen molar-refractivity contribution < 1.29 is 9.53 Å². The van der Waals surface area contributed by atoms with Crippen LogP contribution in [0.3, 0.4) is 0 Å². The van der Waals surface area contributed by atoms with Crippen molar-refractivity contribution in [2.45, 2.75) is 13.5 Å². The molecule has 0 unspecified atom stereocenters. The fraction of sp³-hybridized carbons (Fsp3) is 0.294. The third-order valence-corrected chi connectivity index (χ3v) is 4.33. The van der Waals surface area contributed by atoms with E-state index in [1.165, 1.54) is 16.2 Å². The van der Waals surface area contributed by atoms with E-state index in [2.05, 4.69) is 10.3 Å². The Kier molecular flexibility index (Phi) is 5.76. The van der Waals surface area contributed by atoms with Crippen LogP contribution in [-0.4, -0.2) is 37.0 Å². The van der Waals surface area contributed by atoms with E-state index >= 15 is 0 Å². The molecule has 1 aromatic carbocycles. The molecule has 0 aliphatic rings. The lowest BCUT2D eigenvalue weighted by molar-refractivity contribution is -0.123. The first-order valence-electron chi connectivity index (χ1n) is 7.23. The molecule has 1 heterocycles. The van der Waals surface area contributed by atoms with Gasteiger partial charge in [-0.25, -0.2) is 4.98 Å². The molecule has 0 spiro atoms. The summed E-state index contributed by atoms with van der Waals surface area (Å²) in [4.78, 5) is 18.6. The van der Waals surface area contributed by atoms with E-state index in [-0.39, 0.29) is 5.91 Å². The van der Waals surface area contributed by atoms with Crippen LogP contribution in [0.1, 0.15) is 16.1 Å². The van der Waals surface area contributed by atoms with Crippen LogP contribution in [0.2, 0.25) is 0 Å². The first-order valence-corrected chi connectivity index (χ1v) is 8.05. The number of anilines is 1. The van der Waals surface area contributed by atoms with Crippen LogP contribution >= 0.6 is 11.3 Å². The number of ether oxygens (including phenoxy) is 1. The van der Waals surface area contributed by atoms with Gasteiger partial charge in [-0.3, -0.25) is 4.79 Å². The van der Waals surface area contributed by atoms with Crippen molar-refractivity contribution in [3.05, 3.63) is 46.5 Å². The summed E-state index contributed by atoms with van der Waals surface area (Å²) in [5, 5.41) is 4.15. The molecular weight excluding hydrogens is 310 g/mol. The van der Waals surface area contributed by atoms with Crippen molar-refractivity contribution in [1.82, 2.24) is 9.88 Å². The number of rotatable bonds is 6. The van der Waals surface area contributed by atoms with Gasteiger partial charge in [0, 0.05) is 26.7 Å². The molecule has 0 saturated carbocycles. The average molecular weight is 331 g/mol. The largest absolute Gasteiger partial charge is 0.497 e. The first kappa shape index (κ1) is 17.0. The van der Waals surface area contributed by atoms with Gasteiger partial charge in [0.25, 0.3) is 0 Å². The van der Waals surface area contributed by atoms with Gasteiger partial charge >= 0.3 is 0 Å². The third kappa shape index (κ3) is 4.82. The molecule has 23 heavy (non-hydrogen) atoms. The van der Waals surface area contributed by atoms with Crippen LogP contribution in [-0.2, 0) is 11.3 Å². The molecule has 2 rings (SSSR count). The summed E-state index contributed by atoms with van der Waals surface area (Å²) in [6.07, 6.45) is 3.38. The van der Waals surface area contributed by atoms with E-state index in [0.29, 0.717) is 6.54 Å². The van der Waals surface area contributed by atoms with Crippen molar-refractivity contribution >= 4 is 28.5 Å². The Morgan fingerprint density at radius 1 is 1.35 bits per heavy atom. The molecule has 0 fully saturated rings.